The monoisotopic (exact) mass is 1050 g/mol. The molecule has 0 saturated heterocycles. The summed E-state index contributed by atoms with van der Waals surface area (Å²) in [6, 6.07) is 22.7. The van der Waals surface area contributed by atoms with Crippen molar-refractivity contribution in [3.05, 3.63) is 94.6 Å². The molecule has 0 saturated carbocycles. The molecule has 2 aliphatic rings. The van der Waals surface area contributed by atoms with Gasteiger partial charge in [0, 0.05) is 36.8 Å². The van der Waals surface area contributed by atoms with Crippen molar-refractivity contribution in [2.75, 3.05) is 52.4 Å². The third-order valence-electron chi connectivity index (χ3n) is 8.83. The Morgan fingerprint density at radius 2 is 0.688 bits per heavy atom. The summed E-state index contributed by atoms with van der Waals surface area (Å²) in [4.78, 5) is 13.1. The third kappa shape index (κ3) is 19.1. The Morgan fingerprint density at radius 3 is 0.958 bits per heavy atom. The summed E-state index contributed by atoms with van der Waals surface area (Å²) in [5.74, 6) is 0. The molecule has 0 unspecified atom stereocenters. The molecule has 0 spiro atoms. The van der Waals surface area contributed by atoms with Gasteiger partial charge in [-0.3, -0.25) is 0 Å². The van der Waals surface area contributed by atoms with E-state index in [-0.39, 0.29) is 102 Å². The molecule has 0 fully saturated rings. The summed E-state index contributed by atoms with van der Waals surface area (Å²) in [6.07, 6.45) is 5.03. The topological polar surface area (TPSA) is 101 Å². The van der Waals surface area contributed by atoms with Crippen LogP contribution in [-0.4, -0.2) is 62.3 Å². The second-order valence-corrected chi connectivity index (χ2v) is 12.5. The molecule has 8 nitrogen and oxygen atoms in total. The van der Waals surface area contributed by atoms with Gasteiger partial charge in [-0.1, -0.05) is 36.4 Å². The van der Waals surface area contributed by atoms with Gasteiger partial charge in [0.15, 0.2) is 0 Å². The predicted molar refractivity (Wildman–Crippen MR) is 164 cm³/mol. The second-order valence-electron chi connectivity index (χ2n) is 12.5. The number of nitrogens with one attached hydrogen (secondary N) is 2. The van der Waals surface area contributed by atoms with Crippen molar-refractivity contribution in [3.8, 4) is 0 Å². The number of nitrogens with two attached hydrogens (primary N) is 4. The van der Waals surface area contributed by atoms with Gasteiger partial charge in [0.05, 0.1) is 75.1 Å². The number of halogens is 6. The first-order chi connectivity index (χ1) is 20.8. The number of hydrogen-bond acceptors (Lipinski definition) is 2. The summed E-state index contributed by atoms with van der Waals surface area (Å²) in [5, 5.41) is 9.73. The fourth-order valence-electron chi connectivity index (χ4n) is 6.45. The standard InChI is InChI=1S/C34H50N8.6BrH/c1-7-31-23-35-15-3-19-41(20-4-16-36-24-32(8-1)39-31)27-29-11-13-30(14-12-29)28-42-21-5-17-37-25-33-9-2-10-34(40-33)26-38-18-6-22-42;;;;;;/h1-2,7-14,35-38H,3-6,15-28H2;6*1H. The first-order valence-electron chi connectivity index (χ1n) is 16.7. The van der Waals surface area contributed by atoms with Gasteiger partial charge in [0.1, 0.15) is 39.3 Å². The summed E-state index contributed by atoms with van der Waals surface area (Å²) in [6.45, 7) is 16.0. The predicted octanol–water partition coefficient (Wildman–Crippen LogP) is -21.5. The lowest BCUT2D eigenvalue weighted by molar-refractivity contribution is -0.917. The van der Waals surface area contributed by atoms with Gasteiger partial charge < -0.3 is 133 Å². The highest BCUT2D eigenvalue weighted by Crippen LogP contribution is 2.03. The van der Waals surface area contributed by atoms with Crippen LogP contribution in [-0.2, 0) is 39.3 Å². The molecule has 4 heterocycles. The van der Waals surface area contributed by atoms with Crippen LogP contribution in [0.25, 0.3) is 0 Å². The minimum atomic E-state index is 0. The Balaban J connectivity index is 0. The normalized spacial score (nSPS) is 17.0. The van der Waals surface area contributed by atoms with E-state index in [2.05, 4.69) is 81.9 Å². The van der Waals surface area contributed by atoms with Crippen molar-refractivity contribution in [2.45, 2.75) is 65.0 Å². The van der Waals surface area contributed by atoms with E-state index in [0.717, 1.165) is 39.3 Å². The molecule has 4 bridgehead atoms. The zero-order chi connectivity index (χ0) is 28.7. The molecule has 14 heteroatoms. The number of nitrogens with zero attached hydrogens (tertiary/aromatic N) is 2. The van der Waals surface area contributed by atoms with E-state index >= 15 is 0 Å². The maximum atomic E-state index is 4.84. The lowest BCUT2D eigenvalue weighted by Crippen LogP contribution is -3.11. The SMILES string of the molecule is [Br-].[Br-].[Br-].[Br-].[Br-].[Br-].c1cc2nc(c1)C[NH2+]CCC[NH+](Cc1ccc(C[NH+]3CCC[NH2+]Cc4cccc(n4)C[NH2+]CCC3)cc1)CCC[NH2+]C2. The van der Waals surface area contributed by atoms with Crippen molar-refractivity contribution in [1.82, 2.24) is 9.97 Å². The fourth-order valence-corrected chi connectivity index (χ4v) is 6.45. The maximum Gasteiger partial charge on any atom is 0.118 e. The van der Waals surface area contributed by atoms with E-state index in [1.165, 1.54) is 112 Å². The average Bonchev–Trinajstić information content (AvgIpc) is 3.00. The average molecular weight is 1060 g/mol. The number of hydrogen-bond donors (Lipinski definition) is 6. The first kappa shape index (κ1) is 50.3. The Morgan fingerprint density at radius 1 is 0.417 bits per heavy atom. The van der Waals surface area contributed by atoms with Gasteiger partial charge in [-0.15, -0.1) is 0 Å². The summed E-state index contributed by atoms with van der Waals surface area (Å²) < 4.78 is 0. The zero-order valence-corrected chi connectivity index (χ0v) is 37.5. The van der Waals surface area contributed by atoms with Crippen molar-refractivity contribution in [1.29, 1.82) is 0 Å². The van der Waals surface area contributed by atoms with E-state index in [1.807, 2.05) is 0 Å². The van der Waals surface area contributed by atoms with Crippen LogP contribution in [0.1, 0.15) is 59.6 Å². The van der Waals surface area contributed by atoms with Crippen LogP contribution in [0.5, 0.6) is 0 Å². The molecule has 0 amide bonds. The first-order valence-corrected chi connectivity index (χ1v) is 16.7. The molecule has 48 heavy (non-hydrogen) atoms. The van der Waals surface area contributed by atoms with Crippen LogP contribution in [0.15, 0.2) is 60.7 Å². The van der Waals surface area contributed by atoms with E-state index in [9.17, 15) is 0 Å². The van der Waals surface area contributed by atoms with E-state index in [0.29, 0.717) is 0 Å². The molecule has 1 aromatic carbocycles. The maximum absolute atomic E-state index is 4.84. The molecule has 10 N–H and O–H groups in total. The quantitative estimate of drug-likeness (QED) is 0.157. The number of aromatic nitrogens is 2. The van der Waals surface area contributed by atoms with Gasteiger partial charge >= 0.3 is 0 Å². The van der Waals surface area contributed by atoms with Gasteiger partial charge in [-0.2, -0.15) is 0 Å². The van der Waals surface area contributed by atoms with Crippen LogP contribution < -0.4 is 133 Å². The number of fused-ring (bicyclic) bond motifs is 4. The molecule has 274 valence electrons. The number of quaternary nitrogens is 6. The number of benzene rings is 1. The van der Waals surface area contributed by atoms with Gasteiger partial charge in [0.2, 0.25) is 0 Å². The Kier molecular flexibility index (Phi) is 31.1. The van der Waals surface area contributed by atoms with Crippen LogP contribution >= 0.6 is 0 Å². The van der Waals surface area contributed by atoms with Crippen molar-refractivity contribution < 1.29 is 133 Å². The molecule has 0 atom stereocenters. The zero-order valence-electron chi connectivity index (χ0n) is 28.0. The Bertz CT molecular complexity index is 1060. The van der Waals surface area contributed by atoms with Crippen molar-refractivity contribution >= 4 is 0 Å². The minimum absolute atomic E-state index is 0. The molecule has 2 aliphatic heterocycles. The number of rotatable bonds is 4. The minimum Gasteiger partial charge on any atom is -1.00 e. The van der Waals surface area contributed by atoms with E-state index in [4.69, 9.17) is 9.97 Å². The van der Waals surface area contributed by atoms with Crippen LogP contribution in [0, 0.1) is 0 Å². The van der Waals surface area contributed by atoms with Crippen molar-refractivity contribution in [2.24, 2.45) is 0 Å². The van der Waals surface area contributed by atoms with Crippen molar-refractivity contribution in [3.63, 3.8) is 0 Å². The van der Waals surface area contributed by atoms with Crippen LogP contribution in [0.3, 0.4) is 0 Å². The molecular formula is C34H56Br6N8. The third-order valence-corrected chi connectivity index (χ3v) is 8.83. The van der Waals surface area contributed by atoms with Crippen LogP contribution in [0.2, 0.25) is 0 Å². The number of pyridine rings is 2. The van der Waals surface area contributed by atoms with E-state index in [1.54, 1.807) is 9.80 Å². The Labute approximate surface area is 351 Å². The lowest BCUT2D eigenvalue weighted by atomic mass is 10.1. The smallest absolute Gasteiger partial charge is 0.118 e. The summed E-state index contributed by atoms with van der Waals surface area (Å²) >= 11 is 0. The Hall–Kier alpha value is 0.160. The van der Waals surface area contributed by atoms with Gasteiger partial charge in [0.25, 0.3) is 0 Å². The van der Waals surface area contributed by atoms with Crippen LogP contribution in [0.4, 0.5) is 0 Å². The molecule has 2 aromatic heterocycles. The molecular weight excluding hydrogens is 1000 g/mol. The lowest BCUT2D eigenvalue weighted by Gasteiger charge is -2.21. The largest absolute Gasteiger partial charge is 1.00 e. The highest BCUT2D eigenvalue weighted by molar-refractivity contribution is 5.21. The summed E-state index contributed by atoms with van der Waals surface area (Å²) in [7, 11) is 0. The molecule has 5 rings (SSSR count). The second kappa shape index (κ2) is 29.7. The molecule has 3 aromatic rings. The fraction of sp³-hybridized carbons (Fsp3) is 0.529. The van der Waals surface area contributed by atoms with Gasteiger partial charge in [-0.05, 0) is 24.3 Å². The molecule has 0 aliphatic carbocycles. The van der Waals surface area contributed by atoms with E-state index < -0.39 is 0 Å². The highest BCUT2D eigenvalue weighted by Gasteiger charge is 2.15. The molecule has 0 radical (unpaired) electrons. The summed E-state index contributed by atoms with van der Waals surface area (Å²) in [5.41, 5.74) is 7.83. The van der Waals surface area contributed by atoms with Gasteiger partial charge in [-0.25, -0.2) is 9.97 Å². The highest BCUT2D eigenvalue weighted by atomic mass is 79.9.